The van der Waals surface area contributed by atoms with Gasteiger partial charge >= 0.3 is 5.56 Å². The van der Waals surface area contributed by atoms with E-state index in [0.29, 0.717) is 12.5 Å². The summed E-state index contributed by atoms with van der Waals surface area (Å²) in [7, 11) is 1.41. The van der Waals surface area contributed by atoms with E-state index in [9.17, 15) is 9.18 Å². The Morgan fingerprint density at radius 2 is 2.00 bits per heavy atom. The van der Waals surface area contributed by atoms with Crippen LogP contribution < -0.4 is 15.6 Å². The molecule has 0 fully saturated rings. The Morgan fingerprint density at radius 3 is 2.67 bits per heavy atom. The Labute approximate surface area is 161 Å². The molecule has 2 aromatic carbocycles. The van der Waals surface area contributed by atoms with Crippen molar-refractivity contribution in [1.29, 1.82) is 0 Å². The maximum Gasteiger partial charge on any atom is 0.316 e. The first-order valence-corrected chi connectivity index (χ1v) is 8.69. The number of methoxy groups -OCH3 is 1. The minimum absolute atomic E-state index is 0.0392. The molecule has 1 heterocycles. The highest BCUT2D eigenvalue weighted by molar-refractivity contribution is 6.30. The number of ether oxygens (including phenoxy) is 1. The molecule has 0 radical (unpaired) electrons. The predicted octanol–water partition coefficient (Wildman–Crippen LogP) is 4.45. The van der Waals surface area contributed by atoms with Gasteiger partial charge in [0.15, 0.2) is 0 Å². The van der Waals surface area contributed by atoms with E-state index >= 15 is 0 Å². The van der Waals surface area contributed by atoms with Crippen molar-refractivity contribution in [2.75, 3.05) is 12.4 Å². The first-order valence-electron chi connectivity index (χ1n) is 8.31. The van der Waals surface area contributed by atoms with Gasteiger partial charge in [-0.1, -0.05) is 35.4 Å². The van der Waals surface area contributed by atoms with Gasteiger partial charge in [0.05, 0.1) is 24.9 Å². The lowest BCUT2D eigenvalue weighted by Gasteiger charge is -2.16. The third-order valence-corrected chi connectivity index (χ3v) is 4.44. The van der Waals surface area contributed by atoms with E-state index in [1.165, 1.54) is 13.2 Å². The summed E-state index contributed by atoms with van der Waals surface area (Å²) in [5, 5.41) is 3.23. The third-order valence-electron chi connectivity index (χ3n) is 4.15. The van der Waals surface area contributed by atoms with E-state index in [4.69, 9.17) is 16.3 Å². The van der Waals surface area contributed by atoms with E-state index in [2.05, 4.69) is 10.3 Å². The van der Waals surface area contributed by atoms with E-state index in [1.807, 2.05) is 32.0 Å². The van der Waals surface area contributed by atoms with Crippen molar-refractivity contribution in [3.63, 3.8) is 0 Å². The van der Waals surface area contributed by atoms with Gasteiger partial charge < -0.3 is 14.6 Å². The van der Waals surface area contributed by atoms with Crippen molar-refractivity contribution in [2.45, 2.75) is 20.4 Å². The topological polar surface area (TPSA) is 56.1 Å². The maximum atomic E-state index is 13.4. The smallest absolute Gasteiger partial charge is 0.316 e. The van der Waals surface area contributed by atoms with Crippen molar-refractivity contribution in [3.8, 4) is 5.75 Å². The summed E-state index contributed by atoms with van der Waals surface area (Å²) in [6.45, 7) is 4.31. The van der Waals surface area contributed by atoms with Crippen LogP contribution in [0.25, 0.3) is 0 Å². The number of hydrogen-bond acceptors (Lipinski definition) is 4. The highest BCUT2D eigenvalue weighted by Gasteiger charge is 2.12. The molecule has 140 valence electrons. The van der Waals surface area contributed by atoms with Crippen molar-refractivity contribution >= 4 is 23.2 Å². The quantitative estimate of drug-likeness (QED) is 0.702. The van der Waals surface area contributed by atoms with Gasteiger partial charge in [-0.3, -0.25) is 4.79 Å². The van der Waals surface area contributed by atoms with Crippen molar-refractivity contribution in [2.24, 2.45) is 0 Å². The van der Waals surface area contributed by atoms with Gasteiger partial charge in [-0.2, -0.15) is 4.98 Å². The van der Waals surface area contributed by atoms with Crippen LogP contribution in [0.4, 0.5) is 16.0 Å². The largest absolute Gasteiger partial charge is 0.490 e. The zero-order valence-corrected chi connectivity index (χ0v) is 16.0. The van der Waals surface area contributed by atoms with Crippen molar-refractivity contribution in [1.82, 2.24) is 9.55 Å². The lowest BCUT2D eigenvalue weighted by molar-refractivity contribution is 0.402. The Morgan fingerprint density at radius 1 is 1.22 bits per heavy atom. The van der Waals surface area contributed by atoms with Crippen LogP contribution >= 0.6 is 11.6 Å². The highest BCUT2D eigenvalue weighted by atomic mass is 35.5. The Bertz CT molecular complexity index is 1050. The molecule has 3 aromatic rings. The minimum Gasteiger partial charge on any atom is -0.490 e. The predicted molar refractivity (Wildman–Crippen MR) is 105 cm³/mol. The van der Waals surface area contributed by atoms with E-state index in [0.717, 1.165) is 22.4 Å². The number of hydrogen-bond donors (Lipinski definition) is 1. The monoisotopic (exact) mass is 387 g/mol. The molecule has 5 nitrogen and oxygen atoms in total. The van der Waals surface area contributed by atoms with Gasteiger partial charge in [-0.15, -0.1) is 0 Å². The standard InChI is InChI=1S/C20H19ClFN3O2/c1-12-4-7-17(13(2)8-12)23-20-24-19(26)18(27-3)11-25(20)10-14-5-6-16(22)15(21)9-14/h4-9,11H,10H2,1-3H3,(H,23,24,26). The van der Waals surface area contributed by atoms with Gasteiger partial charge in [0.25, 0.3) is 0 Å². The summed E-state index contributed by atoms with van der Waals surface area (Å²) >= 11 is 5.88. The first kappa shape index (κ1) is 18.9. The molecule has 0 amide bonds. The zero-order chi connectivity index (χ0) is 19.6. The van der Waals surface area contributed by atoms with Gasteiger partial charge in [0.2, 0.25) is 11.7 Å². The van der Waals surface area contributed by atoms with Crippen LogP contribution in [0.1, 0.15) is 16.7 Å². The van der Waals surface area contributed by atoms with Crippen LogP contribution in [0, 0.1) is 19.7 Å². The third kappa shape index (κ3) is 4.28. The molecule has 0 unspecified atom stereocenters. The molecular weight excluding hydrogens is 369 g/mol. The zero-order valence-electron chi connectivity index (χ0n) is 15.2. The number of anilines is 2. The number of benzene rings is 2. The Balaban J connectivity index is 2.02. The minimum atomic E-state index is -0.482. The molecule has 0 saturated heterocycles. The Hall–Kier alpha value is -2.86. The summed E-state index contributed by atoms with van der Waals surface area (Å²) in [5.74, 6) is -0.00718. The Kier molecular flexibility index (Phi) is 5.46. The van der Waals surface area contributed by atoms with Gasteiger partial charge in [0, 0.05) is 5.69 Å². The number of nitrogens with zero attached hydrogens (tertiary/aromatic N) is 2. The van der Waals surface area contributed by atoms with Crippen LogP contribution in [-0.4, -0.2) is 16.7 Å². The van der Waals surface area contributed by atoms with Gasteiger partial charge in [-0.05, 0) is 43.2 Å². The van der Waals surface area contributed by atoms with Crippen LogP contribution in [0.3, 0.4) is 0 Å². The summed E-state index contributed by atoms with van der Waals surface area (Å²) in [5.41, 5.74) is 3.29. The summed E-state index contributed by atoms with van der Waals surface area (Å²) in [6, 6.07) is 10.4. The summed E-state index contributed by atoms with van der Waals surface area (Å²) in [4.78, 5) is 16.2. The van der Waals surface area contributed by atoms with Crippen LogP contribution in [-0.2, 0) is 6.54 Å². The maximum absolute atomic E-state index is 13.4. The van der Waals surface area contributed by atoms with Crippen LogP contribution in [0.5, 0.6) is 5.75 Å². The van der Waals surface area contributed by atoms with E-state index < -0.39 is 11.4 Å². The molecular formula is C20H19ClFN3O2. The lowest BCUT2D eigenvalue weighted by Crippen LogP contribution is -2.19. The number of aromatic nitrogens is 2. The van der Waals surface area contributed by atoms with E-state index in [1.54, 1.807) is 22.9 Å². The number of nitrogens with one attached hydrogen (secondary N) is 1. The molecule has 27 heavy (non-hydrogen) atoms. The molecule has 0 aliphatic rings. The fraction of sp³-hybridized carbons (Fsp3) is 0.200. The molecule has 0 atom stereocenters. The average Bonchev–Trinajstić information content (AvgIpc) is 2.62. The number of halogens is 2. The fourth-order valence-electron chi connectivity index (χ4n) is 2.74. The van der Waals surface area contributed by atoms with Crippen molar-refractivity contribution < 1.29 is 9.13 Å². The first-order chi connectivity index (χ1) is 12.9. The number of aryl methyl sites for hydroxylation is 2. The highest BCUT2D eigenvalue weighted by Crippen LogP contribution is 2.22. The second-order valence-corrected chi connectivity index (χ2v) is 6.66. The fourth-order valence-corrected chi connectivity index (χ4v) is 2.95. The number of rotatable bonds is 5. The van der Waals surface area contributed by atoms with Crippen LogP contribution in [0.2, 0.25) is 5.02 Å². The van der Waals surface area contributed by atoms with Gasteiger partial charge in [-0.25, -0.2) is 4.39 Å². The second kappa shape index (κ2) is 7.80. The normalized spacial score (nSPS) is 10.7. The average molecular weight is 388 g/mol. The van der Waals surface area contributed by atoms with E-state index in [-0.39, 0.29) is 10.8 Å². The SMILES string of the molecule is COc1cn(Cc2ccc(F)c(Cl)c2)c(Nc2ccc(C)cc2C)nc1=O. The lowest BCUT2D eigenvalue weighted by atomic mass is 10.1. The summed E-state index contributed by atoms with van der Waals surface area (Å²) < 4.78 is 20.3. The molecule has 0 bridgehead atoms. The molecule has 3 rings (SSSR count). The molecule has 0 aliphatic carbocycles. The summed E-state index contributed by atoms with van der Waals surface area (Å²) in [6.07, 6.45) is 1.57. The molecule has 0 aliphatic heterocycles. The van der Waals surface area contributed by atoms with Crippen LogP contribution in [0.15, 0.2) is 47.4 Å². The second-order valence-electron chi connectivity index (χ2n) is 6.26. The van der Waals surface area contributed by atoms with Crippen molar-refractivity contribution in [3.05, 3.63) is 80.5 Å². The molecule has 0 spiro atoms. The molecule has 7 heteroatoms. The molecule has 0 saturated carbocycles. The molecule has 1 N–H and O–H groups in total. The van der Waals surface area contributed by atoms with Gasteiger partial charge in [0.1, 0.15) is 5.82 Å². The molecule has 1 aromatic heterocycles.